The lowest BCUT2D eigenvalue weighted by Crippen LogP contribution is -2.19. The quantitative estimate of drug-likeness (QED) is 0.741. The van der Waals surface area contributed by atoms with Gasteiger partial charge in [-0.3, -0.25) is 0 Å². The maximum absolute atomic E-state index is 10.8. The van der Waals surface area contributed by atoms with Gasteiger partial charge in [-0.2, -0.15) is 0 Å². The first-order valence-electron chi connectivity index (χ1n) is 4.79. The van der Waals surface area contributed by atoms with Crippen LogP contribution in [0.5, 0.6) is 0 Å². The van der Waals surface area contributed by atoms with Crippen molar-refractivity contribution in [2.24, 2.45) is 0 Å². The molecule has 78 valence electrons. The van der Waals surface area contributed by atoms with Gasteiger partial charge in [0.05, 0.1) is 0 Å². The fourth-order valence-electron chi connectivity index (χ4n) is 1.63. The lowest BCUT2D eigenvalue weighted by Gasteiger charge is -2.18. The molecular weight excluding hydrogens is 192 g/mol. The number of carbonyl (C=O) groups is 1. The molecule has 1 aromatic rings. The van der Waals surface area contributed by atoms with Crippen LogP contribution in [0.1, 0.15) is 16.2 Å². The van der Waals surface area contributed by atoms with E-state index in [-0.39, 0.29) is 5.69 Å². The Hall–Kier alpha value is -1.84. The van der Waals surface area contributed by atoms with Gasteiger partial charge >= 0.3 is 5.97 Å². The van der Waals surface area contributed by atoms with Crippen molar-refractivity contribution in [3.63, 3.8) is 0 Å². The summed E-state index contributed by atoms with van der Waals surface area (Å²) in [5.41, 5.74) is 1.76. The summed E-state index contributed by atoms with van der Waals surface area (Å²) in [7, 11) is 0. The van der Waals surface area contributed by atoms with Crippen molar-refractivity contribution in [3.05, 3.63) is 35.7 Å². The van der Waals surface area contributed by atoms with Gasteiger partial charge in [-0.1, -0.05) is 12.2 Å². The number of nitrogens with zero attached hydrogens (tertiary/aromatic N) is 2. The van der Waals surface area contributed by atoms with Gasteiger partial charge in [0.15, 0.2) is 5.69 Å². The second-order valence-electron chi connectivity index (χ2n) is 3.53. The van der Waals surface area contributed by atoms with Crippen LogP contribution in [0.3, 0.4) is 0 Å². The largest absolute Gasteiger partial charge is 0.477 e. The van der Waals surface area contributed by atoms with Gasteiger partial charge in [-0.15, -0.1) is 0 Å². The molecule has 0 radical (unpaired) electrons. The Morgan fingerprint density at radius 3 is 2.67 bits per heavy atom. The number of rotatable bonds is 2. The van der Waals surface area contributed by atoms with E-state index in [1.54, 1.807) is 13.0 Å². The highest BCUT2D eigenvalue weighted by Crippen LogP contribution is 2.18. The van der Waals surface area contributed by atoms with E-state index in [9.17, 15) is 4.79 Å². The Bertz CT molecular complexity index is 419. The standard InChI is InChI=1S/C11H12N2O2/c1-8-6-9(13-4-2-3-5-13)7-10(12-8)11(14)15/h2-3,6-7H,4-5H2,1H3,(H,14,15). The zero-order valence-electron chi connectivity index (χ0n) is 8.47. The van der Waals surface area contributed by atoms with Gasteiger partial charge < -0.3 is 10.0 Å². The molecule has 1 aliphatic heterocycles. The molecule has 0 saturated heterocycles. The fourth-order valence-corrected chi connectivity index (χ4v) is 1.63. The highest BCUT2D eigenvalue weighted by atomic mass is 16.4. The van der Waals surface area contributed by atoms with Crippen molar-refractivity contribution in [3.8, 4) is 0 Å². The fraction of sp³-hybridized carbons (Fsp3) is 0.273. The number of anilines is 1. The molecule has 0 spiro atoms. The maximum atomic E-state index is 10.8. The molecular formula is C11H12N2O2. The Labute approximate surface area is 87.9 Å². The number of carboxylic acids is 1. The van der Waals surface area contributed by atoms with E-state index in [1.807, 2.05) is 6.07 Å². The molecule has 0 aliphatic carbocycles. The summed E-state index contributed by atoms with van der Waals surface area (Å²) in [5, 5.41) is 8.88. The number of aryl methyl sites for hydroxylation is 1. The number of hydrogen-bond donors (Lipinski definition) is 1. The molecule has 0 fully saturated rings. The third-order valence-electron chi connectivity index (χ3n) is 2.34. The third kappa shape index (κ3) is 1.98. The normalized spacial score (nSPS) is 14.6. The first-order valence-corrected chi connectivity index (χ1v) is 4.79. The minimum atomic E-state index is -0.980. The third-order valence-corrected chi connectivity index (χ3v) is 2.34. The minimum Gasteiger partial charge on any atom is -0.477 e. The minimum absolute atomic E-state index is 0.108. The Morgan fingerprint density at radius 1 is 1.40 bits per heavy atom. The molecule has 4 heteroatoms. The van der Waals surface area contributed by atoms with E-state index in [0.29, 0.717) is 0 Å². The number of aromatic nitrogens is 1. The van der Waals surface area contributed by atoms with Crippen LogP contribution >= 0.6 is 0 Å². The molecule has 4 nitrogen and oxygen atoms in total. The van der Waals surface area contributed by atoms with E-state index in [4.69, 9.17) is 5.11 Å². The van der Waals surface area contributed by atoms with Crippen molar-refractivity contribution >= 4 is 11.7 Å². The van der Waals surface area contributed by atoms with Crippen LogP contribution in [0.4, 0.5) is 5.69 Å². The summed E-state index contributed by atoms with van der Waals surface area (Å²) in [5.74, 6) is -0.980. The van der Waals surface area contributed by atoms with Crippen molar-refractivity contribution < 1.29 is 9.90 Å². The highest BCUT2D eigenvalue weighted by Gasteiger charge is 2.12. The SMILES string of the molecule is Cc1cc(N2CC=CC2)cc(C(=O)O)n1. The molecule has 0 unspecified atom stereocenters. The summed E-state index contributed by atoms with van der Waals surface area (Å²) in [4.78, 5) is 16.9. The maximum Gasteiger partial charge on any atom is 0.354 e. The van der Waals surface area contributed by atoms with Gasteiger partial charge in [-0.25, -0.2) is 9.78 Å². The molecule has 1 aliphatic rings. The van der Waals surface area contributed by atoms with Gasteiger partial charge in [0.25, 0.3) is 0 Å². The van der Waals surface area contributed by atoms with Crippen LogP contribution in [0, 0.1) is 6.92 Å². The van der Waals surface area contributed by atoms with Gasteiger partial charge in [-0.05, 0) is 19.1 Å². The molecule has 0 aromatic carbocycles. The number of aromatic carboxylic acids is 1. The number of hydrogen-bond acceptors (Lipinski definition) is 3. The molecule has 15 heavy (non-hydrogen) atoms. The second kappa shape index (κ2) is 3.73. The number of carboxylic acid groups (broad SMARTS) is 1. The Kier molecular flexibility index (Phi) is 2.41. The van der Waals surface area contributed by atoms with E-state index in [2.05, 4.69) is 22.0 Å². The van der Waals surface area contributed by atoms with Crippen molar-refractivity contribution in [1.82, 2.24) is 4.98 Å². The van der Waals surface area contributed by atoms with Crippen LogP contribution in [0.2, 0.25) is 0 Å². The molecule has 0 bridgehead atoms. The highest BCUT2D eigenvalue weighted by molar-refractivity contribution is 5.86. The van der Waals surface area contributed by atoms with Crippen LogP contribution in [-0.4, -0.2) is 29.1 Å². The second-order valence-corrected chi connectivity index (χ2v) is 3.53. The molecule has 0 saturated carbocycles. The van der Waals surface area contributed by atoms with Crippen molar-refractivity contribution in [2.45, 2.75) is 6.92 Å². The van der Waals surface area contributed by atoms with E-state index in [0.717, 1.165) is 24.5 Å². The van der Waals surface area contributed by atoms with Crippen molar-refractivity contribution in [2.75, 3.05) is 18.0 Å². The zero-order chi connectivity index (χ0) is 10.8. The first kappa shape index (κ1) is 9.71. The van der Waals surface area contributed by atoms with Crippen LogP contribution < -0.4 is 4.90 Å². The van der Waals surface area contributed by atoms with Gasteiger partial charge in [0, 0.05) is 24.5 Å². The topological polar surface area (TPSA) is 53.4 Å². The van der Waals surface area contributed by atoms with Crippen LogP contribution in [0.25, 0.3) is 0 Å². The van der Waals surface area contributed by atoms with Crippen LogP contribution in [0.15, 0.2) is 24.3 Å². The van der Waals surface area contributed by atoms with Crippen LogP contribution in [-0.2, 0) is 0 Å². The smallest absolute Gasteiger partial charge is 0.354 e. The predicted molar refractivity (Wildman–Crippen MR) is 57.3 cm³/mol. The first-order chi connectivity index (χ1) is 7.16. The monoisotopic (exact) mass is 204 g/mol. The lowest BCUT2D eigenvalue weighted by molar-refractivity contribution is 0.0690. The molecule has 1 N–H and O–H groups in total. The zero-order valence-corrected chi connectivity index (χ0v) is 8.47. The van der Waals surface area contributed by atoms with E-state index in [1.165, 1.54) is 0 Å². The average Bonchev–Trinajstić information content (AvgIpc) is 2.69. The summed E-state index contributed by atoms with van der Waals surface area (Å²) in [6, 6.07) is 3.52. The van der Waals surface area contributed by atoms with Gasteiger partial charge in [0.1, 0.15) is 0 Å². The average molecular weight is 204 g/mol. The van der Waals surface area contributed by atoms with E-state index >= 15 is 0 Å². The molecule has 2 heterocycles. The molecule has 1 aromatic heterocycles. The van der Waals surface area contributed by atoms with Gasteiger partial charge in [0.2, 0.25) is 0 Å². The Balaban J connectivity index is 2.35. The van der Waals surface area contributed by atoms with E-state index < -0.39 is 5.97 Å². The molecule has 2 rings (SSSR count). The summed E-state index contributed by atoms with van der Waals surface area (Å²) >= 11 is 0. The number of pyridine rings is 1. The molecule has 0 amide bonds. The lowest BCUT2D eigenvalue weighted by atomic mass is 10.2. The molecule has 0 atom stereocenters. The summed E-state index contributed by atoms with van der Waals surface area (Å²) < 4.78 is 0. The predicted octanol–water partition coefficient (Wildman–Crippen LogP) is 1.46. The van der Waals surface area contributed by atoms with Crippen molar-refractivity contribution in [1.29, 1.82) is 0 Å². The summed E-state index contributed by atoms with van der Waals surface area (Å²) in [6.07, 6.45) is 4.13. The Morgan fingerprint density at radius 2 is 2.07 bits per heavy atom. The summed E-state index contributed by atoms with van der Waals surface area (Å²) in [6.45, 7) is 3.48.